The van der Waals surface area contributed by atoms with E-state index in [1.807, 2.05) is 29.2 Å². The number of morpholine rings is 1. The van der Waals surface area contributed by atoms with E-state index in [9.17, 15) is 4.79 Å². The van der Waals surface area contributed by atoms with Gasteiger partial charge in [0.05, 0.1) is 18.7 Å². The van der Waals surface area contributed by atoms with Crippen molar-refractivity contribution in [3.8, 4) is 0 Å². The molecule has 3 heterocycles. The first kappa shape index (κ1) is 18.4. The highest BCUT2D eigenvalue weighted by Crippen LogP contribution is 2.23. The van der Waals surface area contributed by atoms with Gasteiger partial charge in [0.25, 0.3) is 5.91 Å². The van der Waals surface area contributed by atoms with Crippen molar-refractivity contribution >= 4 is 16.8 Å². The molecule has 0 atom stereocenters. The number of piperidine rings is 1. The Kier molecular flexibility index (Phi) is 5.69. The van der Waals surface area contributed by atoms with Crippen LogP contribution in [-0.4, -0.2) is 66.6 Å². The van der Waals surface area contributed by atoms with Crippen LogP contribution in [0.2, 0.25) is 0 Å². The van der Waals surface area contributed by atoms with Crippen molar-refractivity contribution in [3.05, 3.63) is 41.6 Å². The fourth-order valence-electron chi connectivity index (χ4n) is 4.24. The van der Waals surface area contributed by atoms with Gasteiger partial charge in [-0.05, 0) is 56.3 Å². The fourth-order valence-corrected chi connectivity index (χ4v) is 4.24. The van der Waals surface area contributed by atoms with Crippen LogP contribution in [0.25, 0.3) is 10.9 Å². The molecule has 2 saturated heterocycles. The predicted octanol–water partition coefficient (Wildman–Crippen LogP) is 3.12. The Balaban J connectivity index is 1.33. The van der Waals surface area contributed by atoms with Crippen molar-refractivity contribution in [2.75, 3.05) is 45.9 Å². The molecule has 2 aromatic rings. The van der Waals surface area contributed by atoms with Crippen LogP contribution in [-0.2, 0) is 4.74 Å². The summed E-state index contributed by atoms with van der Waals surface area (Å²) in [4.78, 5) is 22.1. The van der Waals surface area contributed by atoms with Gasteiger partial charge in [0.2, 0.25) is 0 Å². The van der Waals surface area contributed by atoms with Crippen molar-refractivity contribution in [1.29, 1.82) is 0 Å². The molecule has 27 heavy (non-hydrogen) atoms. The minimum atomic E-state index is 0.0792. The van der Waals surface area contributed by atoms with Crippen molar-refractivity contribution in [2.24, 2.45) is 5.92 Å². The van der Waals surface area contributed by atoms with Crippen molar-refractivity contribution in [3.63, 3.8) is 0 Å². The van der Waals surface area contributed by atoms with Crippen molar-refractivity contribution < 1.29 is 9.53 Å². The maximum absolute atomic E-state index is 12.9. The summed E-state index contributed by atoms with van der Waals surface area (Å²) in [5.74, 6) is 0.804. The van der Waals surface area contributed by atoms with Gasteiger partial charge in [0.15, 0.2) is 0 Å². The van der Waals surface area contributed by atoms with E-state index in [-0.39, 0.29) is 5.91 Å². The zero-order valence-electron chi connectivity index (χ0n) is 16.2. The zero-order valence-corrected chi connectivity index (χ0v) is 16.2. The number of rotatable bonds is 4. The van der Waals surface area contributed by atoms with E-state index in [2.05, 4.69) is 22.9 Å². The third kappa shape index (κ3) is 4.30. The Morgan fingerprint density at radius 2 is 1.89 bits per heavy atom. The topological polar surface area (TPSA) is 45.7 Å². The van der Waals surface area contributed by atoms with Crippen LogP contribution >= 0.6 is 0 Å². The van der Waals surface area contributed by atoms with Gasteiger partial charge in [-0.15, -0.1) is 0 Å². The normalized spacial score (nSPS) is 19.5. The molecule has 0 radical (unpaired) electrons. The van der Waals surface area contributed by atoms with Gasteiger partial charge >= 0.3 is 0 Å². The van der Waals surface area contributed by atoms with E-state index < -0.39 is 0 Å². The summed E-state index contributed by atoms with van der Waals surface area (Å²) >= 11 is 0. The van der Waals surface area contributed by atoms with Crippen LogP contribution in [0.1, 0.15) is 35.3 Å². The summed E-state index contributed by atoms with van der Waals surface area (Å²) in [6.45, 7) is 8.76. The summed E-state index contributed by atoms with van der Waals surface area (Å²) in [6.07, 6.45) is 3.43. The van der Waals surface area contributed by atoms with E-state index in [0.29, 0.717) is 5.69 Å². The Morgan fingerprint density at radius 3 is 2.67 bits per heavy atom. The first-order chi connectivity index (χ1) is 13.2. The molecule has 0 bridgehead atoms. The minimum Gasteiger partial charge on any atom is -0.379 e. The first-order valence-corrected chi connectivity index (χ1v) is 10.2. The number of fused-ring (bicyclic) bond motifs is 1. The first-order valence-electron chi connectivity index (χ1n) is 10.2. The number of likely N-dealkylation sites (tertiary alicyclic amines) is 1. The Bertz CT molecular complexity index is 793. The van der Waals surface area contributed by atoms with E-state index in [1.54, 1.807) is 0 Å². The second-order valence-corrected chi connectivity index (χ2v) is 7.82. The maximum atomic E-state index is 12.9. The van der Waals surface area contributed by atoms with E-state index in [4.69, 9.17) is 4.74 Å². The molecule has 1 aromatic heterocycles. The van der Waals surface area contributed by atoms with Crippen LogP contribution in [0.15, 0.2) is 30.3 Å². The number of ether oxygens (including phenoxy) is 1. The van der Waals surface area contributed by atoms with Crippen LogP contribution in [0.5, 0.6) is 0 Å². The summed E-state index contributed by atoms with van der Waals surface area (Å²) in [5.41, 5.74) is 2.60. The van der Waals surface area contributed by atoms with Gasteiger partial charge in [0.1, 0.15) is 5.69 Å². The number of carbonyl (C=O) groups excluding carboxylic acids is 1. The standard InChI is InChI=1S/C22H29N3O2/c1-17-16-21(23-20-5-3-2-4-19(17)20)22(26)25-10-7-18(8-11-25)6-9-24-12-14-27-15-13-24/h2-5,16,18H,6-15H2,1H3. The van der Waals surface area contributed by atoms with Crippen molar-refractivity contribution in [2.45, 2.75) is 26.2 Å². The molecule has 0 saturated carbocycles. The molecule has 0 spiro atoms. The lowest BCUT2D eigenvalue weighted by molar-refractivity contribution is 0.0332. The molecule has 5 heteroatoms. The molecule has 5 nitrogen and oxygen atoms in total. The summed E-state index contributed by atoms with van der Waals surface area (Å²) in [5, 5.41) is 1.12. The smallest absolute Gasteiger partial charge is 0.272 e. The number of aryl methyl sites for hydroxylation is 1. The maximum Gasteiger partial charge on any atom is 0.272 e. The van der Waals surface area contributed by atoms with Gasteiger partial charge in [-0.1, -0.05) is 18.2 Å². The number of pyridine rings is 1. The van der Waals surface area contributed by atoms with E-state index in [1.165, 1.54) is 6.42 Å². The van der Waals surface area contributed by atoms with E-state index in [0.717, 1.165) is 81.2 Å². The van der Waals surface area contributed by atoms with Gasteiger partial charge in [-0.25, -0.2) is 4.98 Å². The molecule has 0 unspecified atom stereocenters. The highest BCUT2D eigenvalue weighted by atomic mass is 16.5. The van der Waals surface area contributed by atoms with Gasteiger partial charge in [-0.2, -0.15) is 0 Å². The molecule has 4 rings (SSSR count). The molecule has 1 amide bonds. The quantitative estimate of drug-likeness (QED) is 0.833. The monoisotopic (exact) mass is 367 g/mol. The van der Waals surface area contributed by atoms with Gasteiger partial charge in [0, 0.05) is 31.6 Å². The molecule has 0 N–H and O–H groups in total. The number of nitrogens with zero attached hydrogens (tertiary/aromatic N) is 3. The molecule has 2 aliphatic rings. The number of para-hydroxylation sites is 1. The number of benzene rings is 1. The van der Waals surface area contributed by atoms with Crippen LogP contribution in [0.3, 0.4) is 0 Å². The minimum absolute atomic E-state index is 0.0792. The molecule has 1 aromatic carbocycles. The lowest BCUT2D eigenvalue weighted by Crippen LogP contribution is -2.41. The van der Waals surface area contributed by atoms with Gasteiger partial charge < -0.3 is 9.64 Å². The average molecular weight is 367 g/mol. The predicted molar refractivity (Wildman–Crippen MR) is 107 cm³/mol. The van der Waals surface area contributed by atoms with Gasteiger partial charge in [-0.3, -0.25) is 9.69 Å². The highest BCUT2D eigenvalue weighted by Gasteiger charge is 2.25. The number of hydrogen-bond acceptors (Lipinski definition) is 4. The largest absolute Gasteiger partial charge is 0.379 e. The number of hydrogen-bond donors (Lipinski definition) is 0. The summed E-state index contributed by atoms with van der Waals surface area (Å²) < 4.78 is 5.42. The number of aromatic nitrogens is 1. The SMILES string of the molecule is Cc1cc(C(=O)N2CCC(CCN3CCOCC3)CC2)nc2ccccc12. The molecule has 2 fully saturated rings. The highest BCUT2D eigenvalue weighted by molar-refractivity contribution is 5.96. The average Bonchev–Trinajstić information content (AvgIpc) is 2.73. The molecule has 2 aliphatic heterocycles. The lowest BCUT2D eigenvalue weighted by Gasteiger charge is -2.34. The fraction of sp³-hybridized carbons (Fsp3) is 0.545. The van der Waals surface area contributed by atoms with E-state index >= 15 is 0 Å². The Hall–Kier alpha value is -1.98. The molecular formula is C22H29N3O2. The molecule has 0 aliphatic carbocycles. The Labute approximate surface area is 161 Å². The molecular weight excluding hydrogens is 338 g/mol. The third-order valence-corrected chi connectivity index (χ3v) is 6.00. The summed E-state index contributed by atoms with van der Waals surface area (Å²) in [7, 11) is 0. The second kappa shape index (κ2) is 8.36. The zero-order chi connectivity index (χ0) is 18.6. The van der Waals surface area contributed by atoms with Crippen LogP contribution in [0, 0.1) is 12.8 Å². The van der Waals surface area contributed by atoms with Crippen molar-refractivity contribution in [1.82, 2.24) is 14.8 Å². The van der Waals surface area contributed by atoms with Crippen LogP contribution in [0.4, 0.5) is 0 Å². The second-order valence-electron chi connectivity index (χ2n) is 7.82. The number of carbonyl (C=O) groups is 1. The molecule has 144 valence electrons. The van der Waals surface area contributed by atoms with Crippen LogP contribution < -0.4 is 0 Å². The number of amides is 1. The third-order valence-electron chi connectivity index (χ3n) is 6.00. The Morgan fingerprint density at radius 1 is 1.15 bits per heavy atom. The summed E-state index contributed by atoms with van der Waals surface area (Å²) in [6, 6.07) is 9.97. The lowest BCUT2D eigenvalue weighted by atomic mass is 9.93.